The lowest BCUT2D eigenvalue weighted by Gasteiger charge is -2.35. The zero-order valence-corrected chi connectivity index (χ0v) is 29.7. The molecular weight excluding hydrogens is 749 g/mol. The monoisotopic (exact) mass is 782 g/mol. The number of amides is 1. The first kappa shape index (κ1) is 38.7. The highest BCUT2D eigenvalue weighted by atomic mass is 35.5. The summed E-state index contributed by atoms with van der Waals surface area (Å²) in [5.74, 6) is -5.20. The number of nitrogens with two attached hydrogens (primary N) is 1. The fourth-order valence-corrected chi connectivity index (χ4v) is 6.93. The lowest BCUT2D eigenvalue weighted by atomic mass is 9.75. The molecule has 3 heterocycles. The van der Waals surface area contributed by atoms with E-state index in [-0.39, 0.29) is 35.1 Å². The number of esters is 1. The van der Waals surface area contributed by atoms with Gasteiger partial charge in [0, 0.05) is 18.2 Å². The first-order chi connectivity index (χ1) is 25.3. The third-order valence-corrected chi connectivity index (χ3v) is 9.57. The van der Waals surface area contributed by atoms with Gasteiger partial charge in [-0.15, -0.1) is 0 Å². The van der Waals surface area contributed by atoms with Crippen LogP contribution in [0.2, 0.25) is 5.02 Å². The molecule has 6 rings (SSSR count). The van der Waals surface area contributed by atoms with Crippen molar-refractivity contribution in [3.63, 3.8) is 0 Å². The zero-order chi connectivity index (χ0) is 39.3. The zero-order valence-electron chi connectivity index (χ0n) is 28.9. The number of carbonyl (C=O) groups is 2. The van der Waals surface area contributed by atoms with E-state index >= 15 is 0 Å². The van der Waals surface area contributed by atoms with Gasteiger partial charge in [-0.2, -0.15) is 32.1 Å². The Morgan fingerprint density at radius 3 is 2.35 bits per heavy atom. The molecule has 2 aromatic carbocycles. The minimum atomic E-state index is -4.46. The highest BCUT2D eigenvalue weighted by Gasteiger charge is 2.56. The topological polar surface area (TPSA) is 134 Å². The Hall–Kier alpha value is -5.00. The van der Waals surface area contributed by atoms with Crippen molar-refractivity contribution in [3.05, 3.63) is 83.2 Å². The first-order valence-corrected chi connectivity index (χ1v) is 17.0. The molecule has 2 aliphatic rings. The van der Waals surface area contributed by atoms with Crippen LogP contribution in [-0.4, -0.2) is 60.1 Å². The third-order valence-electron chi connectivity index (χ3n) is 9.25. The lowest BCUT2D eigenvalue weighted by Crippen LogP contribution is -2.47. The van der Waals surface area contributed by atoms with Gasteiger partial charge in [-0.25, -0.2) is 28.1 Å². The van der Waals surface area contributed by atoms with Crippen molar-refractivity contribution in [3.8, 4) is 16.8 Å². The molecule has 0 bridgehead atoms. The predicted octanol–water partition coefficient (Wildman–Crippen LogP) is 7.78. The Morgan fingerprint density at radius 1 is 1.06 bits per heavy atom. The molecule has 0 radical (unpaired) electrons. The number of ether oxygens (including phenoxy) is 1. The van der Waals surface area contributed by atoms with Crippen LogP contribution in [0, 0.1) is 17.3 Å². The van der Waals surface area contributed by atoms with E-state index in [0.717, 1.165) is 15.9 Å². The third kappa shape index (κ3) is 7.79. The van der Waals surface area contributed by atoms with Crippen LogP contribution in [0.15, 0.2) is 66.2 Å². The maximum absolute atomic E-state index is 14.9. The normalized spacial score (nSPS) is 20.9. The number of nitrogens with zero attached hydrogens (tertiary/aromatic N) is 7. The van der Waals surface area contributed by atoms with Gasteiger partial charge >= 0.3 is 18.7 Å². The predicted molar refractivity (Wildman–Crippen MR) is 180 cm³/mol. The summed E-state index contributed by atoms with van der Waals surface area (Å²) in [7, 11) is 0. The number of hydrogen-bond acceptors (Lipinski definition) is 8. The lowest BCUT2D eigenvalue weighted by molar-refractivity contribution is -0.155. The Bertz CT molecular complexity index is 2060. The molecule has 1 unspecified atom stereocenters. The Labute approximate surface area is 308 Å². The van der Waals surface area contributed by atoms with Crippen molar-refractivity contribution in [2.45, 2.75) is 70.8 Å². The number of halogens is 8. The van der Waals surface area contributed by atoms with E-state index in [0.29, 0.717) is 21.4 Å². The van der Waals surface area contributed by atoms with E-state index in [1.807, 2.05) is 20.8 Å². The molecule has 4 atom stereocenters. The van der Waals surface area contributed by atoms with Crippen LogP contribution >= 0.6 is 11.6 Å². The number of aliphatic imine (C=N–C) groups is 1. The minimum Gasteiger partial charge on any atom is -0.463 e. The SMILES string of the molecule is CC(C)(C)C[C@]1(c2ccc(-c3cnn(C(F)F)c3)cc2)N=C(N)N([C@H](COC(=O)C[C@@H]2CC2C(F)(F)F)c2ccc(Cl)c(-n3ncnc3C(F)F)c2)C1=O. The molecule has 54 heavy (non-hydrogen) atoms. The van der Waals surface area contributed by atoms with Crippen molar-refractivity contribution in [2.24, 2.45) is 28.0 Å². The maximum Gasteiger partial charge on any atom is 0.392 e. The van der Waals surface area contributed by atoms with E-state index in [1.165, 1.54) is 30.6 Å². The minimum absolute atomic E-state index is 0.0236. The van der Waals surface area contributed by atoms with E-state index in [1.54, 1.807) is 24.3 Å². The Morgan fingerprint density at radius 2 is 1.76 bits per heavy atom. The standard InChI is InChI=1S/C35H34ClF7N8O3/c1-33(2,3)16-34(22-7-4-18(5-8-22)21-13-46-49(14-21)31(39)40)30(53)50(32(44)48-34)26(15-54-27(52)12-20-10-23(20)35(41,42)43)19-6-9-24(36)25(11-19)51-29(28(37)38)45-17-47-51/h4-9,11,13-14,17,20,23,26,28,31H,10,12,15-16H2,1-3H3,(H2,44,48)/t20-,23?,26+,34+/m0/s1. The second kappa shape index (κ2) is 14.3. The summed E-state index contributed by atoms with van der Waals surface area (Å²) in [5.41, 5.74) is 5.75. The van der Waals surface area contributed by atoms with Gasteiger partial charge in [0.15, 0.2) is 17.3 Å². The highest BCUT2D eigenvalue weighted by molar-refractivity contribution is 6.32. The molecule has 288 valence electrons. The number of guanidine groups is 1. The van der Waals surface area contributed by atoms with Gasteiger partial charge in [0.2, 0.25) is 0 Å². The molecule has 1 fully saturated rings. The molecule has 19 heteroatoms. The van der Waals surface area contributed by atoms with Gasteiger partial charge in [-0.3, -0.25) is 14.5 Å². The fraction of sp³-hybridized carbons (Fsp3) is 0.429. The molecular formula is C35H34ClF7N8O3. The van der Waals surface area contributed by atoms with Crippen molar-refractivity contribution in [1.82, 2.24) is 29.4 Å². The van der Waals surface area contributed by atoms with Crippen LogP contribution in [0.5, 0.6) is 0 Å². The average Bonchev–Trinajstić information content (AvgIpc) is 3.40. The number of aromatic nitrogens is 5. The number of carbonyl (C=O) groups excluding carboxylic acids is 2. The molecule has 11 nitrogen and oxygen atoms in total. The molecule has 2 N–H and O–H groups in total. The molecule has 4 aromatic rings. The molecule has 1 amide bonds. The number of hydrogen-bond donors (Lipinski definition) is 1. The maximum atomic E-state index is 14.9. The van der Waals surface area contributed by atoms with Crippen molar-refractivity contribution in [1.29, 1.82) is 0 Å². The Balaban J connectivity index is 1.38. The quantitative estimate of drug-likeness (QED) is 0.115. The molecule has 1 aliphatic heterocycles. The van der Waals surface area contributed by atoms with Crippen LogP contribution in [0.4, 0.5) is 30.7 Å². The second-order valence-electron chi connectivity index (χ2n) is 14.4. The van der Waals surface area contributed by atoms with Crippen molar-refractivity contribution >= 4 is 29.4 Å². The van der Waals surface area contributed by atoms with Crippen molar-refractivity contribution < 1.29 is 45.1 Å². The summed E-state index contributed by atoms with van der Waals surface area (Å²) in [6.07, 6.45) is -4.79. The summed E-state index contributed by atoms with van der Waals surface area (Å²) in [6.45, 7) is 2.17. The van der Waals surface area contributed by atoms with Gasteiger partial charge in [0.1, 0.15) is 12.9 Å². The summed E-state index contributed by atoms with van der Waals surface area (Å²) in [5, 5.41) is 7.51. The van der Waals surface area contributed by atoms with E-state index in [9.17, 15) is 40.3 Å². The Kier molecular flexibility index (Phi) is 10.3. The second-order valence-corrected chi connectivity index (χ2v) is 14.8. The fourth-order valence-electron chi connectivity index (χ4n) is 6.73. The van der Waals surface area contributed by atoms with Crippen LogP contribution in [0.3, 0.4) is 0 Å². The van der Waals surface area contributed by atoms with Gasteiger partial charge < -0.3 is 10.5 Å². The van der Waals surface area contributed by atoms with Gasteiger partial charge in [-0.05, 0) is 53.0 Å². The number of rotatable bonds is 12. The molecule has 1 saturated carbocycles. The number of alkyl halides is 7. The van der Waals surface area contributed by atoms with E-state index in [4.69, 9.17) is 27.1 Å². The molecule has 0 saturated heterocycles. The van der Waals surface area contributed by atoms with Gasteiger partial charge in [-0.1, -0.05) is 62.7 Å². The van der Waals surface area contributed by atoms with E-state index in [2.05, 4.69) is 15.2 Å². The smallest absolute Gasteiger partial charge is 0.392 e. The van der Waals surface area contributed by atoms with Crippen LogP contribution in [0.25, 0.3) is 16.8 Å². The van der Waals surface area contributed by atoms with E-state index < -0.39 is 78.7 Å². The van der Waals surface area contributed by atoms with Crippen LogP contribution < -0.4 is 5.73 Å². The number of benzene rings is 2. The summed E-state index contributed by atoms with van der Waals surface area (Å²) in [6, 6.07) is 9.30. The highest BCUT2D eigenvalue weighted by Crippen LogP contribution is 2.52. The van der Waals surface area contributed by atoms with Gasteiger partial charge in [0.05, 0.1) is 28.9 Å². The average molecular weight is 783 g/mol. The summed E-state index contributed by atoms with van der Waals surface area (Å²) < 4.78 is 100. The summed E-state index contributed by atoms with van der Waals surface area (Å²) >= 11 is 6.42. The van der Waals surface area contributed by atoms with Crippen molar-refractivity contribution in [2.75, 3.05) is 6.61 Å². The summed E-state index contributed by atoms with van der Waals surface area (Å²) in [4.78, 5) is 37.2. The molecule has 2 aromatic heterocycles. The van der Waals surface area contributed by atoms with Gasteiger partial charge in [0.25, 0.3) is 12.3 Å². The molecule has 1 aliphatic carbocycles. The largest absolute Gasteiger partial charge is 0.463 e. The van der Waals surface area contributed by atoms with Crippen LogP contribution in [-0.2, 0) is 19.9 Å². The van der Waals surface area contributed by atoms with Crippen LogP contribution in [0.1, 0.15) is 76.0 Å². The molecule has 0 spiro atoms. The first-order valence-electron chi connectivity index (χ1n) is 16.6.